The molecule has 20 heavy (non-hydrogen) atoms. The molecule has 2 aromatic rings. The molecule has 0 spiro atoms. The van der Waals surface area contributed by atoms with Crippen molar-refractivity contribution in [3.63, 3.8) is 0 Å². The second kappa shape index (κ2) is 4.86. The van der Waals surface area contributed by atoms with Gasteiger partial charge in [-0.3, -0.25) is 0 Å². The maximum Gasteiger partial charge on any atom is 0.358 e. The molecule has 0 radical (unpaired) electrons. The molecule has 1 fully saturated rings. The van der Waals surface area contributed by atoms with Crippen LogP contribution in [0, 0.1) is 5.82 Å². The Morgan fingerprint density at radius 1 is 1.50 bits per heavy atom. The van der Waals surface area contributed by atoms with Crippen molar-refractivity contribution >= 4 is 17.6 Å². The highest BCUT2D eigenvalue weighted by Gasteiger charge is 2.33. The number of carboxylic acids is 1. The van der Waals surface area contributed by atoms with E-state index < -0.39 is 11.8 Å². The van der Waals surface area contributed by atoms with Crippen molar-refractivity contribution in [2.75, 3.05) is 0 Å². The summed E-state index contributed by atoms with van der Waals surface area (Å²) < 4.78 is 14.8. The lowest BCUT2D eigenvalue weighted by molar-refractivity contribution is 0.0689. The minimum absolute atomic E-state index is 0.0278. The highest BCUT2D eigenvalue weighted by Crippen LogP contribution is 2.41. The zero-order valence-corrected chi connectivity index (χ0v) is 11.1. The van der Waals surface area contributed by atoms with Crippen molar-refractivity contribution in [2.45, 2.75) is 25.3 Å². The van der Waals surface area contributed by atoms with Crippen LogP contribution < -0.4 is 0 Å². The van der Waals surface area contributed by atoms with Gasteiger partial charge in [-0.05, 0) is 36.6 Å². The van der Waals surface area contributed by atoms with Crippen molar-refractivity contribution in [3.05, 3.63) is 46.0 Å². The largest absolute Gasteiger partial charge is 0.476 e. The molecule has 1 saturated carbocycles. The van der Waals surface area contributed by atoms with Crippen molar-refractivity contribution in [2.24, 2.45) is 0 Å². The minimum Gasteiger partial charge on any atom is -0.476 e. The van der Waals surface area contributed by atoms with Crippen LogP contribution in [0.25, 0.3) is 0 Å². The van der Waals surface area contributed by atoms with E-state index in [1.165, 1.54) is 22.9 Å². The molecule has 1 aliphatic carbocycles. The predicted molar refractivity (Wildman–Crippen MR) is 69.5 cm³/mol. The molecule has 7 heteroatoms. The molecule has 0 unspecified atom stereocenters. The van der Waals surface area contributed by atoms with Crippen LogP contribution in [0.5, 0.6) is 0 Å². The van der Waals surface area contributed by atoms with Crippen LogP contribution in [0.1, 0.15) is 40.5 Å². The Morgan fingerprint density at radius 2 is 2.25 bits per heavy atom. The van der Waals surface area contributed by atoms with Gasteiger partial charge in [-0.2, -0.15) is 0 Å². The number of aromatic nitrogens is 3. The van der Waals surface area contributed by atoms with Crippen LogP contribution in [0.15, 0.2) is 18.2 Å². The summed E-state index contributed by atoms with van der Waals surface area (Å²) in [5, 5.41) is 17.1. The molecule has 1 aliphatic rings. The van der Waals surface area contributed by atoms with Gasteiger partial charge in [-0.15, -0.1) is 5.10 Å². The lowest BCUT2D eigenvalue weighted by Crippen LogP contribution is -2.09. The van der Waals surface area contributed by atoms with Crippen molar-refractivity contribution in [1.29, 1.82) is 0 Å². The molecule has 5 nitrogen and oxygen atoms in total. The third-order valence-electron chi connectivity index (χ3n) is 3.27. The topological polar surface area (TPSA) is 68.0 Å². The highest BCUT2D eigenvalue weighted by atomic mass is 35.5. The Labute approximate surface area is 119 Å². The molecular formula is C13H11ClFN3O2. The van der Waals surface area contributed by atoms with E-state index in [4.69, 9.17) is 16.7 Å². The van der Waals surface area contributed by atoms with Gasteiger partial charge in [-0.1, -0.05) is 16.8 Å². The number of hydrogen-bond donors (Lipinski definition) is 1. The van der Waals surface area contributed by atoms with Gasteiger partial charge in [0.1, 0.15) is 5.82 Å². The third kappa shape index (κ3) is 2.38. The summed E-state index contributed by atoms with van der Waals surface area (Å²) in [5.74, 6) is -1.32. The quantitative estimate of drug-likeness (QED) is 0.941. The number of carbonyl (C=O) groups is 1. The fourth-order valence-electron chi connectivity index (χ4n) is 2.18. The van der Waals surface area contributed by atoms with Gasteiger partial charge < -0.3 is 5.11 Å². The molecule has 1 aromatic carbocycles. The second-order valence-corrected chi connectivity index (χ2v) is 5.20. The number of benzene rings is 1. The molecule has 0 bridgehead atoms. The SMILES string of the molecule is O=C(O)c1nnn(Cc2cc(F)ccc2Cl)c1C1CC1. The van der Waals surface area contributed by atoms with E-state index in [-0.39, 0.29) is 18.2 Å². The van der Waals surface area contributed by atoms with Gasteiger partial charge in [0.25, 0.3) is 0 Å². The van der Waals surface area contributed by atoms with E-state index >= 15 is 0 Å². The molecule has 0 amide bonds. The Morgan fingerprint density at radius 3 is 2.90 bits per heavy atom. The number of nitrogens with zero attached hydrogens (tertiary/aromatic N) is 3. The van der Waals surface area contributed by atoms with Gasteiger partial charge in [0.15, 0.2) is 5.69 Å². The van der Waals surface area contributed by atoms with E-state index in [9.17, 15) is 9.18 Å². The standard InChI is InChI=1S/C13H11ClFN3O2/c14-10-4-3-9(15)5-8(10)6-18-12(7-1-2-7)11(13(19)20)16-17-18/h3-5,7H,1-2,6H2,(H,19,20). The van der Waals surface area contributed by atoms with Crippen LogP contribution in [-0.2, 0) is 6.54 Å². The van der Waals surface area contributed by atoms with E-state index in [1.54, 1.807) is 0 Å². The lowest BCUT2D eigenvalue weighted by atomic mass is 10.2. The van der Waals surface area contributed by atoms with Crippen LogP contribution in [-0.4, -0.2) is 26.1 Å². The number of aromatic carboxylic acids is 1. The molecule has 0 atom stereocenters. The summed E-state index contributed by atoms with van der Waals surface area (Å²) in [5.41, 5.74) is 1.12. The van der Waals surface area contributed by atoms with E-state index in [0.29, 0.717) is 16.3 Å². The number of carboxylic acid groups (broad SMARTS) is 1. The molecule has 1 N–H and O–H groups in total. The first-order valence-electron chi connectivity index (χ1n) is 6.17. The smallest absolute Gasteiger partial charge is 0.358 e. The number of rotatable bonds is 4. The number of hydrogen-bond acceptors (Lipinski definition) is 3. The van der Waals surface area contributed by atoms with Crippen LogP contribution in [0.4, 0.5) is 4.39 Å². The molecule has 1 heterocycles. The average molecular weight is 296 g/mol. The second-order valence-electron chi connectivity index (χ2n) is 4.80. The predicted octanol–water partition coefficient (Wildman–Crippen LogP) is 2.69. The summed E-state index contributed by atoms with van der Waals surface area (Å²) in [6.07, 6.45) is 1.84. The number of halogens is 2. The van der Waals surface area contributed by atoms with Gasteiger partial charge in [0, 0.05) is 10.9 Å². The molecule has 0 aliphatic heterocycles. The monoisotopic (exact) mass is 295 g/mol. The highest BCUT2D eigenvalue weighted by molar-refractivity contribution is 6.31. The van der Waals surface area contributed by atoms with E-state index in [2.05, 4.69) is 10.3 Å². The van der Waals surface area contributed by atoms with Crippen molar-refractivity contribution in [1.82, 2.24) is 15.0 Å². The minimum atomic E-state index is -1.09. The Hall–Kier alpha value is -1.95. The normalized spacial score (nSPS) is 14.5. The Balaban J connectivity index is 1.98. The van der Waals surface area contributed by atoms with Crippen LogP contribution in [0.2, 0.25) is 5.02 Å². The zero-order chi connectivity index (χ0) is 14.3. The maximum atomic E-state index is 13.3. The first-order valence-corrected chi connectivity index (χ1v) is 6.54. The fraction of sp³-hybridized carbons (Fsp3) is 0.308. The summed E-state index contributed by atoms with van der Waals surface area (Å²) in [6, 6.07) is 4.07. The molecular weight excluding hydrogens is 285 g/mol. The van der Waals surface area contributed by atoms with Gasteiger partial charge in [-0.25, -0.2) is 13.9 Å². The first-order chi connectivity index (χ1) is 9.56. The van der Waals surface area contributed by atoms with Crippen LogP contribution in [0.3, 0.4) is 0 Å². The van der Waals surface area contributed by atoms with Crippen molar-refractivity contribution in [3.8, 4) is 0 Å². The van der Waals surface area contributed by atoms with Gasteiger partial charge in [0.05, 0.1) is 12.2 Å². The Kier molecular flexibility index (Phi) is 3.17. The fourth-order valence-corrected chi connectivity index (χ4v) is 2.35. The summed E-state index contributed by atoms with van der Waals surface area (Å²) in [4.78, 5) is 11.1. The van der Waals surface area contributed by atoms with E-state index in [0.717, 1.165) is 12.8 Å². The van der Waals surface area contributed by atoms with Gasteiger partial charge in [0.2, 0.25) is 0 Å². The molecule has 0 saturated heterocycles. The third-order valence-corrected chi connectivity index (χ3v) is 3.64. The summed E-state index contributed by atoms with van der Waals surface area (Å²) in [6.45, 7) is 0.211. The van der Waals surface area contributed by atoms with E-state index in [1.807, 2.05) is 0 Å². The van der Waals surface area contributed by atoms with Crippen LogP contribution >= 0.6 is 11.6 Å². The lowest BCUT2D eigenvalue weighted by Gasteiger charge is -2.08. The Bertz CT molecular complexity index is 682. The van der Waals surface area contributed by atoms with Crippen molar-refractivity contribution < 1.29 is 14.3 Å². The molecule has 3 rings (SSSR count). The summed E-state index contributed by atoms with van der Waals surface area (Å²) in [7, 11) is 0. The van der Waals surface area contributed by atoms with Gasteiger partial charge >= 0.3 is 5.97 Å². The average Bonchev–Trinajstić information content (AvgIpc) is 3.15. The molecule has 1 aromatic heterocycles. The summed E-state index contributed by atoms with van der Waals surface area (Å²) >= 11 is 6.02. The maximum absolute atomic E-state index is 13.3. The first kappa shape index (κ1) is 13.1. The molecule has 104 valence electrons. The zero-order valence-electron chi connectivity index (χ0n) is 10.4.